The topological polar surface area (TPSA) is 18.8 Å². The van der Waals surface area contributed by atoms with E-state index < -0.39 is 0 Å². The van der Waals surface area contributed by atoms with Crippen LogP contribution in [0, 0.1) is 0 Å². The minimum atomic E-state index is 0.108. The highest BCUT2D eigenvalue weighted by molar-refractivity contribution is 5.80. The van der Waals surface area contributed by atoms with Gasteiger partial charge >= 0.3 is 0 Å². The van der Waals surface area contributed by atoms with Gasteiger partial charge in [0.15, 0.2) is 5.96 Å². The molecule has 1 saturated heterocycles. The number of aliphatic imine (C=N–C) groups is 1. The molecule has 0 spiro atoms. The predicted molar refractivity (Wildman–Crippen MR) is 75.5 cm³/mol. The quantitative estimate of drug-likeness (QED) is 0.555. The van der Waals surface area contributed by atoms with E-state index in [4.69, 9.17) is 4.99 Å². The average molecular weight is 239 g/mol. The predicted octanol–water partition coefficient (Wildman–Crippen LogP) is 2.97. The van der Waals surface area contributed by atoms with Gasteiger partial charge in [0.25, 0.3) is 0 Å². The summed E-state index contributed by atoms with van der Waals surface area (Å²) in [5, 5.41) is 0. The Bertz CT molecular complexity index is 254. The van der Waals surface area contributed by atoms with Crippen molar-refractivity contribution in [2.75, 3.05) is 27.2 Å². The number of hydrogen-bond donors (Lipinski definition) is 0. The molecule has 17 heavy (non-hydrogen) atoms. The number of hydrogen-bond acceptors (Lipinski definition) is 1. The molecule has 1 fully saturated rings. The van der Waals surface area contributed by atoms with Gasteiger partial charge in [0.05, 0.1) is 5.54 Å². The molecule has 3 heteroatoms. The van der Waals surface area contributed by atoms with Crippen LogP contribution in [0.2, 0.25) is 0 Å². The van der Waals surface area contributed by atoms with Crippen LogP contribution in [0.4, 0.5) is 0 Å². The molecule has 100 valence electrons. The van der Waals surface area contributed by atoms with E-state index in [1.807, 2.05) is 0 Å². The first-order chi connectivity index (χ1) is 8.02. The fourth-order valence-corrected chi connectivity index (χ4v) is 2.46. The Morgan fingerprint density at radius 1 is 1.24 bits per heavy atom. The zero-order valence-corrected chi connectivity index (χ0v) is 12.3. The van der Waals surface area contributed by atoms with Crippen molar-refractivity contribution in [1.29, 1.82) is 0 Å². The normalized spacial score (nSPS) is 20.5. The first-order valence-corrected chi connectivity index (χ1v) is 7.04. The van der Waals surface area contributed by atoms with Gasteiger partial charge in [0.1, 0.15) is 0 Å². The van der Waals surface area contributed by atoms with Crippen LogP contribution in [0.1, 0.15) is 52.9 Å². The van der Waals surface area contributed by atoms with Crippen LogP contribution in [0.3, 0.4) is 0 Å². The van der Waals surface area contributed by atoms with E-state index in [1.165, 1.54) is 44.7 Å². The molecule has 0 aromatic carbocycles. The molecule has 1 unspecified atom stereocenters. The van der Waals surface area contributed by atoms with Gasteiger partial charge in [-0.15, -0.1) is 0 Å². The van der Waals surface area contributed by atoms with Gasteiger partial charge in [-0.2, -0.15) is 0 Å². The molecule has 0 bridgehead atoms. The molecule has 0 radical (unpaired) electrons. The second kappa shape index (κ2) is 6.27. The van der Waals surface area contributed by atoms with Gasteiger partial charge in [-0.25, -0.2) is 4.99 Å². The number of guanidine groups is 1. The number of rotatable bonds is 4. The van der Waals surface area contributed by atoms with Crippen LogP contribution >= 0.6 is 0 Å². The Morgan fingerprint density at radius 2 is 1.82 bits per heavy atom. The van der Waals surface area contributed by atoms with E-state index in [0.717, 1.165) is 6.42 Å². The van der Waals surface area contributed by atoms with Crippen LogP contribution in [0.5, 0.6) is 0 Å². The molecule has 0 N–H and O–H groups in total. The summed E-state index contributed by atoms with van der Waals surface area (Å²) in [6.45, 7) is 9.12. The number of nitrogens with zero attached hydrogens (tertiary/aromatic N) is 3. The van der Waals surface area contributed by atoms with Crippen LogP contribution in [-0.4, -0.2) is 48.5 Å². The third-order valence-corrected chi connectivity index (χ3v) is 3.71. The summed E-state index contributed by atoms with van der Waals surface area (Å²) in [4.78, 5) is 9.68. The van der Waals surface area contributed by atoms with E-state index in [0.29, 0.717) is 0 Å². The lowest BCUT2D eigenvalue weighted by Gasteiger charge is -2.31. The summed E-state index contributed by atoms with van der Waals surface area (Å²) < 4.78 is 0. The average Bonchev–Trinajstić information content (AvgIpc) is 2.79. The zero-order valence-electron chi connectivity index (χ0n) is 12.3. The Hall–Kier alpha value is -0.730. The second-order valence-corrected chi connectivity index (χ2v) is 5.60. The highest BCUT2D eigenvalue weighted by atomic mass is 15.4. The lowest BCUT2D eigenvalue weighted by molar-refractivity contribution is 0.373. The highest BCUT2D eigenvalue weighted by Gasteiger charge is 2.25. The molecule has 0 amide bonds. The molecule has 1 aliphatic rings. The maximum atomic E-state index is 5.07. The van der Waals surface area contributed by atoms with E-state index in [9.17, 15) is 0 Å². The molecule has 3 nitrogen and oxygen atoms in total. The van der Waals surface area contributed by atoms with Crippen molar-refractivity contribution in [3.63, 3.8) is 0 Å². The summed E-state index contributed by atoms with van der Waals surface area (Å²) in [7, 11) is 4.22. The van der Waals surface area contributed by atoms with E-state index >= 15 is 0 Å². The molecular formula is C14H29N3. The van der Waals surface area contributed by atoms with Crippen molar-refractivity contribution < 1.29 is 0 Å². The Morgan fingerprint density at radius 3 is 2.24 bits per heavy atom. The first kappa shape index (κ1) is 14.3. The van der Waals surface area contributed by atoms with Gasteiger partial charge in [-0.3, -0.25) is 0 Å². The Balaban J connectivity index is 2.87. The molecule has 1 aliphatic heterocycles. The van der Waals surface area contributed by atoms with Crippen molar-refractivity contribution in [1.82, 2.24) is 9.80 Å². The third kappa shape index (κ3) is 3.90. The van der Waals surface area contributed by atoms with E-state index in [1.54, 1.807) is 0 Å². The van der Waals surface area contributed by atoms with Gasteiger partial charge in [-0.1, -0.05) is 20.3 Å². The third-order valence-electron chi connectivity index (χ3n) is 3.71. The first-order valence-electron chi connectivity index (χ1n) is 7.04. The monoisotopic (exact) mass is 239 g/mol. The largest absolute Gasteiger partial charge is 0.349 e. The maximum Gasteiger partial charge on any atom is 0.196 e. The fraction of sp³-hybridized carbons (Fsp3) is 0.929. The number of likely N-dealkylation sites (tertiary alicyclic amines) is 1. The Kier molecular flexibility index (Phi) is 5.29. The van der Waals surface area contributed by atoms with Crippen molar-refractivity contribution in [2.24, 2.45) is 4.99 Å². The molecular weight excluding hydrogens is 210 g/mol. The van der Waals surface area contributed by atoms with Crippen molar-refractivity contribution in [2.45, 2.75) is 58.4 Å². The summed E-state index contributed by atoms with van der Waals surface area (Å²) in [5.41, 5.74) is 0.108. The van der Waals surface area contributed by atoms with Crippen molar-refractivity contribution >= 4 is 5.96 Å². The van der Waals surface area contributed by atoms with Gasteiger partial charge in [0, 0.05) is 27.2 Å². The molecule has 1 atom stereocenters. The highest BCUT2D eigenvalue weighted by Crippen LogP contribution is 2.23. The summed E-state index contributed by atoms with van der Waals surface area (Å²) >= 11 is 0. The SMILES string of the molecule is CCCC(C)(CC)N=C(N(C)C)N1CCCC1. The lowest BCUT2D eigenvalue weighted by Crippen LogP contribution is -2.41. The maximum absolute atomic E-state index is 5.07. The Labute approximate surface area is 107 Å². The molecule has 0 saturated carbocycles. The fourth-order valence-electron chi connectivity index (χ4n) is 2.46. The van der Waals surface area contributed by atoms with E-state index in [2.05, 4.69) is 44.7 Å². The van der Waals surface area contributed by atoms with Crippen LogP contribution in [-0.2, 0) is 0 Å². The summed E-state index contributed by atoms with van der Waals surface area (Å²) in [6.07, 6.45) is 6.11. The van der Waals surface area contributed by atoms with Crippen molar-refractivity contribution in [3.8, 4) is 0 Å². The van der Waals surface area contributed by atoms with Gasteiger partial charge in [0.2, 0.25) is 0 Å². The van der Waals surface area contributed by atoms with Gasteiger partial charge in [-0.05, 0) is 32.6 Å². The second-order valence-electron chi connectivity index (χ2n) is 5.60. The van der Waals surface area contributed by atoms with E-state index in [-0.39, 0.29) is 5.54 Å². The molecule has 1 rings (SSSR count). The minimum absolute atomic E-state index is 0.108. The van der Waals surface area contributed by atoms with Crippen molar-refractivity contribution in [3.05, 3.63) is 0 Å². The molecule has 0 aliphatic carbocycles. The summed E-state index contributed by atoms with van der Waals surface area (Å²) in [6, 6.07) is 0. The minimum Gasteiger partial charge on any atom is -0.349 e. The standard InChI is InChI=1S/C14H29N3/c1-6-10-14(3,7-2)15-13(16(4)5)17-11-8-9-12-17/h6-12H2,1-5H3. The summed E-state index contributed by atoms with van der Waals surface area (Å²) in [5.74, 6) is 1.18. The zero-order chi connectivity index (χ0) is 12.9. The smallest absolute Gasteiger partial charge is 0.196 e. The van der Waals surface area contributed by atoms with Crippen LogP contribution in [0.25, 0.3) is 0 Å². The molecule has 1 heterocycles. The molecule has 0 aromatic rings. The molecule has 0 aromatic heterocycles. The van der Waals surface area contributed by atoms with Crippen LogP contribution < -0.4 is 0 Å². The lowest BCUT2D eigenvalue weighted by atomic mass is 9.94. The van der Waals surface area contributed by atoms with Crippen LogP contribution in [0.15, 0.2) is 4.99 Å². The van der Waals surface area contributed by atoms with Gasteiger partial charge < -0.3 is 9.80 Å².